The van der Waals surface area contributed by atoms with Gasteiger partial charge in [-0.1, -0.05) is 60.8 Å². The van der Waals surface area contributed by atoms with Crippen LogP contribution in [0.5, 0.6) is 0 Å². The number of hydrogen-bond donors (Lipinski definition) is 2. The first-order chi connectivity index (χ1) is 13.8. The van der Waals surface area contributed by atoms with Gasteiger partial charge in [-0.15, -0.1) is 0 Å². The normalized spacial score (nSPS) is 11.8. The van der Waals surface area contributed by atoms with Crippen molar-refractivity contribution in [2.75, 3.05) is 11.9 Å². The van der Waals surface area contributed by atoms with Crippen LogP contribution in [0.1, 0.15) is 63.6 Å². The summed E-state index contributed by atoms with van der Waals surface area (Å²) in [7, 11) is 0. The predicted molar refractivity (Wildman–Crippen MR) is 120 cm³/mol. The van der Waals surface area contributed by atoms with Gasteiger partial charge < -0.3 is 15.5 Å². The number of nitrogens with zero attached hydrogens (tertiary/aromatic N) is 1. The number of anilines is 1. The molecule has 0 saturated heterocycles. The molecule has 0 aliphatic rings. The minimum Gasteiger partial charge on any atom is -0.396 e. The van der Waals surface area contributed by atoms with Crippen molar-refractivity contribution in [3.63, 3.8) is 0 Å². The van der Waals surface area contributed by atoms with Crippen molar-refractivity contribution in [3.8, 4) is 0 Å². The van der Waals surface area contributed by atoms with Gasteiger partial charge in [-0.3, -0.25) is 0 Å². The molecule has 0 heterocycles. The van der Waals surface area contributed by atoms with E-state index < -0.39 is 5.54 Å². The lowest BCUT2D eigenvalue weighted by molar-refractivity contribution is 0.140. The Bertz CT molecular complexity index is 826. The van der Waals surface area contributed by atoms with Crippen molar-refractivity contribution >= 4 is 17.4 Å². The Kier molecular flexibility index (Phi) is 8.25. The van der Waals surface area contributed by atoms with E-state index in [1.807, 2.05) is 76.2 Å². The van der Waals surface area contributed by atoms with Gasteiger partial charge in [0.1, 0.15) is 6.61 Å². The van der Waals surface area contributed by atoms with Crippen LogP contribution in [0.2, 0.25) is 0 Å². The number of benzene rings is 2. The molecule has 2 aromatic rings. The predicted octanol–water partition coefficient (Wildman–Crippen LogP) is 5.98. The topological polar surface area (TPSA) is 62.7 Å². The maximum atomic E-state index is 12.5. The van der Waals surface area contributed by atoms with Gasteiger partial charge in [-0.05, 0) is 63.4 Å². The number of unbranched alkanes of at least 4 members (excludes halogenated alkanes) is 2. The number of nitrogens with one attached hydrogen (secondary N) is 2. The van der Waals surface area contributed by atoms with Crippen molar-refractivity contribution < 1.29 is 9.63 Å². The number of urea groups is 1. The Morgan fingerprint density at radius 3 is 2.52 bits per heavy atom. The highest BCUT2D eigenvalue weighted by Crippen LogP contribution is 2.22. The Balaban J connectivity index is 2.02. The van der Waals surface area contributed by atoms with Crippen LogP contribution in [0.25, 0.3) is 0 Å². The monoisotopic (exact) mass is 395 g/mol. The number of carbonyl (C=O) groups is 1. The van der Waals surface area contributed by atoms with E-state index in [9.17, 15) is 4.79 Å². The molecule has 156 valence electrons. The van der Waals surface area contributed by atoms with Crippen molar-refractivity contribution in [3.05, 3.63) is 65.2 Å². The third-order valence-electron chi connectivity index (χ3n) is 4.78. The highest BCUT2D eigenvalue weighted by molar-refractivity contribution is 5.98. The molecular formula is C24H33N3O2. The zero-order chi connectivity index (χ0) is 21.3. The number of hydrogen-bond acceptors (Lipinski definition) is 3. The van der Waals surface area contributed by atoms with Crippen molar-refractivity contribution in [1.82, 2.24) is 5.32 Å². The average Bonchev–Trinajstić information content (AvgIpc) is 2.69. The summed E-state index contributed by atoms with van der Waals surface area (Å²) in [6.45, 7) is 10.7. The second-order valence-corrected chi connectivity index (χ2v) is 7.87. The fraction of sp³-hybridized carbons (Fsp3) is 0.417. The lowest BCUT2D eigenvalue weighted by atomic mass is 9.92. The molecule has 2 aromatic carbocycles. The minimum atomic E-state index is -0.549. The first kappa shape index (κ1) is 22.5. The van der Waals surface area contributed by atoms with E-state index in [1.54, 1.807) is 0 Å². The van der Waals surface area contributed by atoms with Crippen molar-refractivity contribution in [2.24, 2.45) is 5.16 Å². The zero-order valence-electron chi connectivity index (χ0n) is 18.2. The number of aryl methyl sites for hydroxylation is 1. The molecule has 2 rings (SSSR count). The van der Waals surface area contributed by atoms with Gasteiger partial charge in [0.2, 0.25) is 0 Å². The third kappa shape index (κ3) is 7.26. The molecule has 2 N–H and O–H groups in total. The van der Waals surface area contributed by atoms with Crippen LogP contribution in [0, 0.1) is 6.92 Å². The maximum Gasteiger partial charge on any atom is 0.319 e. The molecule has 0 fully saturated rings. The van der Waals surface area contributed by atoms with Crippen LogP contribution in [0.4, 0.5) is 10.5 Å². The third-order valence-corrected chi connectivity index (χ3v) is 4.78. The lowest BCUT2D eigenvalue weighted by Gasteiger charge is -2.27. The van der Waals surface area contributed by atoms with Gasteiger partial charge in [0.25, 0.3) is 0 Å². The van der Waals surface area contributed by atoms with E-state index in [0.29, 0.717) is 6.61 Å². The molecule has 0 unspecified atom stereocenters. The summed E-state index contributed by atoms with van der Waals surface area (Å²) in [4.78, 5) is 17.9. The molecule has 0 aliphatic heterocycles. The molecule has 0 atom stereocenters. The average molecular weight is 396 g/mol. The highest BCUT2D eigenvalue weighted by Gasteiger charge is 2.23. The summed E-state index contributed by atoms with van der Waals surface area (Å²) in [5.41, 5.74) is 4.16. The molecule has 0 aliphatic carbocycles. The Hall–Kier alpha value is -2.82. The zero-order valence-corrected chi connectivity index (χ0v) is 18.2. The second-order valence-electron chi connectivity index (χ2n) is 7.87. The first-order valence-corrected chi connectivity index (χ1v) is 10.2. The van der Waals surface area contributed by atoms with Crippen LogP contribution in [0.15, 0.2) is 53.7 Å². The summed E-state index contributed by atoms with van der Waals surface area (Å²) >= 11 is 0. The molecule has 29 heavy (non-hydrogen) atoms. The Morgan fingerprint density at radius 1 is 1.10 bits per heavy atom. The van der Waals surface area contributed by atoms with Crippen molar-refractivity contribution in [2.45, 2.75) is 59.4 Å². The van der Waals surface area contributed by atoms with Gasteiger partial charge in [0.05, 0.1) is 11.3 Å². The van der Waals surface area contributed by atoms with Gasteiger partial charge in [-0.2, -0.15) is 0 Å². The summed E-state index contributed by atoms with van der Waals surface area (Å²) in [6, 6.07) is 15.5. The molecule has 0 radical (unpaired) electrons. The number of amides is 2. The van der Waals surface area contributed by atoms with Gasteiger partial charge >= 0.3 is 6.03 Å². The number of oxime groups is 1. The Labute approximate surface area is 174 Å². The summed E-state index contributed by atoms with van der Waals surface area (Å²) in [5, 5.41) is 10.2. The molecule has 5 nitrogen and oxygen atoms in total. The smallest absolute Gasteiger partial charge is 0.319 e. The molecular weight excluding hydrogens is 362 g/mol. The fourth-order valence-electron chi connectivity index (χ4n) is 2.90. The van der Waals surface area contributed by atoms with Crippen LogP contribution in [0.3, 0.4) is 0 Å². The minimum absolute atomic E-state index is 0.242. The van der Waals surface area contributed by atoms with Gasteiger partial charge in [-0.25, -0.2) is 4.79 Å². The van der Waals surface area contributed by atoms with Crippen LogP contribution >= 0.6 is 0 Å². The summed E-state index contributed by atoms with van der Waals surface area (Å²) in [6.07, 6.45) is 3.32. The van der Waals surface area contributed by atoms with Crippen LogP contribution < -0.4 is 10.6 Å². The van der Waals surface area contributed by atoms with E-state index in [4.69, 9.17) is 4.84 Å². The number of carbonyl (C=O) groups excluding carboxylic acids is 1. The quantitative estimate of drug-likeness (QED) is 0.311. The van der Waals surface area contributed by atoms with Gasteiger partial charge in [0.15, 0.2) is 0 Å². The summed E-state index contributed by atoms with van der Waals surface area (Å²) < 4.78 is 0. The molecule has 0 spiro atoms. The fourth-order valence-corrected chi connectivity index (χ4v) is 2.90. The molecule has 0 saturated carbocycles. The van der Waals surface area contributed by atoms with E-state index in [-0.39, 0.29) is 6.03 Å². The molecule has 0 bridgehead atoms. The van der Waals surface area contributed by atoms with Crippen LogP contribution in [-0.2, 0) is 10.4 Å². The van der Waals surface area contributed by atoms with E-state index in [2.05, 4.69) is 22.7 Å². The number of rotatable bonds is 9. The van der Waals surface area contributed by atoms with Crippen molar-refractivity contribution in [1.29, 1.82) is 0 Å². The molecule has 0 aromatic heterocycles. The van der Waals surface area contributed by atoms with Gasteiger partial charge in [0, 0.05) is 5.69 Å². The SMILES string of the molecule is CCCCCO/N=C(\C)c1cccc(C(C)(C)NC(=O)Nc2ccc(C)cc2)c1. The van der Waals surface area contributed by atoms with E-state index in [1.165, 1.54) is 0 Å². The Morgan fingerprint density at radius 2 is 1.83 bits per heavy atom. The second kappa shape index (κ2) is 10.6. The maximum absolute atomic E-state index is 12.5. The largest absolute Gasteiger partial charge is 0.396 e. The molecule has 5 heteroatoms. The van der Waals surface area contributed by atoms with Crippen LogP contribution in [-0.4, -0.2) is 18.3 Å². The standard InChI is InChI=1S/C24H33N3O2/c1-6-7-8-16-29-27-19(3)20-10-9-11-21(17-20)24(4,5)26-23(28)25-22-14-12-18(2)13-15-22/h9-15,17H,6-8,16H2,1-5H3,(H2,25,26,28)/b27-19+. The highest BCUT2D eigenvalue weighted by atomic mass is 16.6. The van der Waals surface area contributed by atoms with E-state index in [0.717, 1.165) is 47.4 Å². The van der Waals surface area contributed by atoms with E-state index >= 15 is 0 Å². The first-order valence-electron chi connectivity index (χ1n) is 10.2. The lowest BCUT2D eigenvalue weighted by Crippen LogP contribution is -2.43. The molecule has 2 amide bonds. The summed E-state index contributed by atoms with van der Waals surface area (Å²) in [5.74, 6) is 0.